The van der Waals surface area contributed by atoms with Crippen LogP contribution >= 0.6 is 0 Å². The molecule has 5 nitrogen and oxygen atoms in total. The van der Waals surface area contributed by atoms with E-state index in [1.54, 1.807) is 0 Å². The Bertz CT molecular complexity index is 1070. The van der Waals surface area contributed by atoms with Gasteiger partial charge in [-0.3, -0.25) is 4.79 Å². The molecule has 2 atom stereocenters. The van der Waals surface area contributed by atoms with Crippen LogP contribution in [0.5, 0.6) is 0 Å². The predicted molar refractivity (Wildman–Crippen MR) is 101 cm³/mol. The lowest BCUT2D eigenvalue weighted by atomic mass is 9.80. The van der Waals surface area contributed by atoms with Gasteiger partial charge in [-0.1, -0.05) is 49.4 Å². The average molecular weight is 344 g/mol. The molecule has 0 saturated carbocycles. The van der Waals surface area contributed by atoms with Crippen LogP contribution in [0.3, 0.4) is 0 Å². The van der Waals surface area contributed by atoms with Gasteiger partial charge >= 0.3 is 0 Å². The maximum Gasteiger partial charge on any atom is 0.226 e. The molecule has 0 saturated heterocycles. The Balaban J connectivity index is 1.80. The number of nitrogens with zero attached hydrogens (tertiary/aromatic N) is 3. The highest BCUT2D eigenvalue weighted by atomic mass is 16.1. The zero-order valence-electron chi connectivity index (χ0n) is 14.9. The van der Waals surface area contributed by atoms with Crippen molar-refractivity contribution < 1.29 is 4.79 Å². The molecule has 2 heterocycles. The SMILES string of the molecule is Cc1nc2n(n1)[C@H](c1cccc3ccccc13)C1=C(C[C@@H](C)CC1=O)N2. The second-order valence-corrected chi connectivity index (χ2v) is 7.35. The van der Waals surface area contributed by atoms with Gasteiger partial charge in [-0.05, 0) is 35.6 Å². The van der Waals surface area contributed by atoms with Gasteiger partial charge < -0.3 is 5.32 Å². The van der Waals surface area contributed by atoms with E-state index in [-0.39, 0.29) is 11.8 Å². The first kappa shape index (κ1) is 15.3. The molecule has 0 bridgehead atoms. The summed E-state index contributed by atoms with van der Waals surface area (Å²) in [6, 6.07) is 14.3. The maximum atomic E-state index is 13.0. The average Bonchev–Trinajstić information content (AvgIpc) is 2.99. The summed E-state index contributed by atoms with van der Waals surface area (Å²) < 4.78 is 1.88. The minimum atomic E-state index is -0.228. The highest BCUT2D eigenvalue weighted by Gasteiger charge is 2.38. The molecule has 26 heavy (non-hydrogen) atoms. The van der Waals surface area contributed by atoms with E-state index in [0.29, 0.717) is 18.2 Å². The normalized spacial score (nSPS) is 22.2. The van der Waals surface area contributed by atoms with Gasteiger partial charge in [-0.15, -0.1) is 0 Å². The third kappa shape index (κ3) is 2.20. The molecule has 2 aromatic carbocycles. The van der Waals surface area contributed by atoms with Crippen LogP contribution < -0.4 is 5.32 Å². The van der Waals surface area contributed by atoms with E-state index in [2.05, 4.69) is 52.7 Å². The van der Waals surface area contributed by atoms with Crippen LogP contribution in [0, 0.1) is 12.8 Å². The molecule has 5 heteroatoms. The number of aryl methyl sites for hydroxylation is 1. The first-order chi connectivity index (χ1) is 12.6. The van der Waals surface area contributed by atoms with E-state index < -0.39 is 0 Å². The fourth-order valence-electron chi connectivity index (χ4n) is 4.29. The van der Waals surface area contributed by atoms with Crippen LogP contribution in [0.4, 0.5) is 5.95 Å². The van der Waals surface area contributed by atoms with Gasteiger partial charge in [0.1, 0.15) is 11.9 Å². The number of rotatable bonds is 1. The van der Waals surface area contributed by atoms with Gasteiger partial charge in [0, 0.05) is 17.7 Å². The number of nitrogens with one attached hydrogen (secondary N) is 1. The quantitative estimate of drug-likeness (QED) is 0.725. The van der Waals surface area contributed by atoms with Crippen molar-refractivity contribution in [1.29, 1.82) is 0 Å². The zero-order chi connectivity index (χ0) is 17.8. The Hall–Kier alpha value is -2.95. The predicted octanol–water partition coefficient (Wildman–Crippen LogP) is 4.01. The number of hydrogen-bond acceptors (Lipinski definition) is 4. The van der Waals surface area contributed by atoms with Crippen molar-refractivity contribution in [2.24, 2.45) is 5.92 Å². The van der Waals surface area contributed by atoms with Crippen molar-refractivity contribution in [2.75, 3.05) is 5.32 Å². The summed E-state index contributed by atoms with van der Waals surface area (Å²) in [5.74, 6) is 1.99. The fraction of sp³-hybridized carbons (Fsp3) is 0.286. The van der Waals surface area contributed by atoms with E-state index in [1.807, 2.05) is 23.7 Å². The Morgan fingerprint density at radius 2 is 1.92 bits per heavy atom. The summed E-state index contributed by atoms with van der Waals surface area (Å²) in [7, 11) is 0. The third-order valence-corrected chi connectivity index (χ3v) is 5.35. The van der Waals surface area contributed by atoms with Gasteiger partial charge in [-0.2, -0.15) is 10.1 Å². The lowest BCUT2D eigenvalue weighted by Crippen LogP contribution is -2.33. The summed E-state index contributed by atoms with van der Waals surface area (Å²) >= 11 is 0. The largest absolute Gasteiger partial charge is 0.328 e. The summed E-state index contributed by atoms with van der Waals surface area (Å²) in [5.41, 5.74) is 2.95. The van der Waals surface area contributed by atoms with Gasteiger partial charge in [0.05, 0.1) is 0 Å². The Morgan fingerprint density at radius 1 is 1.12 bits per heavy atom. The lowest BCUT2D eigenvalue weighted by molar-refractivity contribution is -0.117. The number of Topliss-reactive ketones (excluding diaryl/α,β-unsaturated/α-hetero) is 1. The number of aromatic nitrogens is 3. The summed E-state index contributed by atoms with van der Waals surface area (Å²) in [6.07, 6.45) is 1.46. The van der Waals surface area contributed by atoms with E-state index in [1.165, 1.54) is 5.39 Å². The number of anilines is 1. The van der Waals surface area contributed by atoms with Crippen molar-refractivity contribution in [3.63, 3.8) is 0 Å². The molecule has 0 amide bonds. The van der Waals surface area contributed by atoms with E-state index in [0.717, 1.165) is 34.6 Å². The smallest absolute Gasteiger partial charge is 0.226 e. The molecule has 0 spiro atoms. The molecule has 0 fully saturated rings. The summed E-state index contributed by atoms with van der Waals surface area (Å²) in [5, 5.41) is 10.3. The van der Waals surface area contributed by atoms with Crippen molar-refractivity contribution in [1.82, 2.24) is 14.8 Å². The van der Waals surface area contributed by atoms with E-state index in [9.17, 15) is 4.79 Å². The first-order valence-electron chi connectivity index (χ1n) is 9.06. The Kier molecular flexibility index (Phi) is 3.26. The van der Waals surface area contributed by atoms with Gasteiger partial charge in [-0.25, -0.2) is 4.68 Å². The molecule has 1 N–H and O–H groups in total. The highest BCUT2D eigenvalue weighted by molar-refractivity contribution is 6.00. The van der Waals surface area contributed by atoms with Crippen LogP contribution in [0.25, 0.3) is 10.8 Å². The third-order valence-electron chi connectivity index (χ3n) is 5.35. The molecule has 0 radical (unpaired) electrons. The number of fused-ring (bicyclic) bond motifs is 2. The number of ketones is 1. The van der Waals surface area contributed by atoms with Crippen LogP contribution in [-0.4, -0.2) is 20.5 Å². The molecule has 1 aliphatic heterocycles. The molecular formula is C21H20N4O. The van der Waals surface area contributed by atoms with E-state index >= 15 is 0 Å². The van der Waals surface area contributed by atoms with Crippen molar-refractivity contribution >= 4 is 22.5 Å². The maximum absolute atomic E-state index is 13.0. The Morgan fingerprint density at radius 3 is 2.81 bits per heavy atom. The number of carbonyl (C=O) groups is 1. The second kappa shape index (κ2) is 5.53. The molecule has 1 aliphatic carbocycles. The summed E-state index contributed by atoms with van der Waals surface area (Å²) in [6.45, 7) is 4.01. The van der Waals surface area contributed by atoms with E-state index in [4.69, 9.17) is 0 Å². The van der Waals surface area contributed by atoms with Gasteiger partial charge in [0.25, 0.3) is 0 Å². The number of hydrogen-bond donors (Lipinski definition) is 1. The minimum Gasteiger partial charge on any atom is -0.328 e. The topological polar surface area (TPSA) is 59.8 Å². The van der Waals surface area contributed by atoms with Crippen molar-refractivity contribution in [3.05, 3.63) is 65.1 Å². The van der Waals surface area contributed by atoms with Crippen LogP contribution in [0.1, 0.15) is 37.2 Å². The number of allylic oxidation sites excluding steroid dienone is 2. The molecule has 5 rings (SSSR count). The number of carbonyl (C=O) groups excluding carboxylic acids is 1. The van der Waals surface area contributed by atoms with Crippen LogP contribution in [-0.2, 0) is 4.79 Å². The molecule has 130 valence electrons. The van der Waals surface area contributed by atoms with Gasteiger partial charge in [0.2, 0.25) is 5.95 Å². The first-order valence-corrected chi connectivity index (χ1v) is 9.06. The highest BCUT2D eigenvalue weighted by Crippen LogP contribution is 2.42. The minimum absolute atomic E-state index is 0.211. The zero-order valence-corrected chi connectivity index (χ0v) is 14.9. The van der Waals surface area contributed by atoms with Crippen LogP contribution in [0.2, 0.25) is 0 Å². The van der Waals surface area contributed by atoms with Crippen molar-refractivity contribution in [3.8, 4) is 0 Å². The second-order valence-electron chi connectivity index (χ2n) is 7.35. The standard InChI is InChI=1S/C21H20N4O/c1-12-10-17-19(18(26)11-12)20(25-21(23-17)22-13(2)24-25)16-9-5-7-14-6-3-4-8-15(14)16/h3-9,12,20H,10-11H2,1-2H3,(H,22,23,24)/t12-,20-/m1/s1. The number of benzene rings is 2. The molecule has 1 aromatic heterocycles. The molecule has 2 aliphatic rings. The fourth-order valence-corrected chi connectivity index (χ4v) is 4.29. The lowest BCUT2D eigenvalue weighted by Gasteiger charge is -2.34. The summed E-state index contributed by atoms with van der Waals surface area (Å²) in [4.78, 5) is 17.6. The van der Waals surface area contributed by atoms with Crippen molar-refractivity contribution in [2.45, 2.75) is 32.7 Å². The molecule has 0 unspecified atom stereocenters. The molecular weight excluding hydrogens is 324 g/mol. The van der Waals surface area contributed by atoms with Gasteiger partial charge in [0.15, 0.2) is 5.78 Å². The monoisotopic (exact) mass is 344 g/mol. The van der Waals surface area contributed by atoms with Crippen LogP contribution in [0.15, 0.2) is 53.7 Å². The molecule has 3 aromatic rings. The Labute approximate surface area is 151 Å².